The molecule has 3 fully saturated rings. The fraction of sp³-hybridized carbons (Fsp3) is 0.800. The van der Waals surface area contributed by atoms with E-state index in [9.17, 15) is 4.79 Å². The first-order chi connectivity index (χ1) is 10.8. The number of likely N-dealkylation sites (tertiary alicyclic amines) is 1. The number of hydrogen-bond donors (Lipinski definition) is 0. The molecule has 1 saturated carbocycles. The van der Waals surface area contributed by atoms with E-state index in [0.717, 1.165) is 49.2 Å². The molecule has 1 amide bonds. The average molecular weight is 339 g/mol. The normalized spacial score (nSPS) is 29.5. The zero-order valence-corrected chi connectivity index (χ0v) is 14.2. The highest BCUT2D eigenvalue weighted by Crippen LogP contribution is 2.39. The molecule has 120 valence electrons. The lowest BCUT2D eigenvalue weighted by molar-refractivity contribution is -0.131. The van der Waals surface area contributed by atoms with Crippen LogP contribution in [0, 0.1) is 0 Å². The molecule has 0 bridgehead atoms. The number of nitrogens with zero attached hydrogens (tertiary/aromatic N) is 3. The summed E-state index contributed by atoms with van der Waals surface area (Å²) in [4.78, 5) is 19.3. The van der Waals surface area contributed by atoms with E-state index in [0.29, 0.717) is 11.8 Å². The van der Waals surface area contributed by atoms with Gasteiger partial charge in [0.05, 0.1) is 5.25 Å². The number of thioether (sulfide) groups is 2. The van der Waals surface area contributed by atoms with Crippen LogP contribution in [0.3, 0.4) is 0 Å². The highest BCUT2D eigenvalue weighted by Gasteiger charge is 2.34. The second kappa shape index (κ2) is 6.43. The molecule has 3 heterocycles. The van der Waals surface area contributed by atoms with Crippen LogP contribution in [0.15, 0.2) is 4.52 Å². The van der Waals surface area contributed by atoms with Gasteiger partial charge in [-0.05, 0) is 25.7 Å². The summed E-state index contributed by atoms with van der Waals surface area (Å²) in [6.07, 6.45) is 4.44. The summed E-state index contributed by atoms with van der Waals surface area (Å²) in [5.74, 6) is 5.89. The number of amides is 1. The van der Waals surface area contributed by atoms with Crippen molar-refractivity contribution in [2.45, 2.75) is 42.8 Å². The van der Waals surface area contributed by atoms with Crippen LogP contribution in [-0.4, -0.2) is 56.5 Å². The van der Waals surface area contributed by atoms with Gasteiger partial charge in [0.1, 0.15) is 0 Å². The molecule has 22 heavy (non-hydrogen) atoms. The van der Waals surface area contributed by atoms with Crippen molar-refractivity contribution in [1.82, 2.24) is 15.0 Å². The smallest absolute Gasteiger partial charge is 0.236 e. The molecule has 2 saturated heterocycles. The fourth-order valence-corrected chi connectivity index (χ4v) is 5.76. The molecule has 0 radical (unpaired) electrons. The zero-order valence-electron chi connectivity index (χ0n) is 12.6. The van der Waals surface area contributed by atoms with Gasteiger partial charge in [0.25, 0.3) is 0 Å². The Balaban J connectivity index is 1.40. The van der Waals surface area contributed by atoms with Gasteiger partial charge >= 0.3 is 0 Å². The molecule has 3 aliphatic rings. The first-order valence-electron chi connectivity index (χ1n) is 8.13. The highest BCUT2D eigenvalue weighted by molar-refractivity contribution is 8.07. The van der Waals surface area contributed by atoms with E-state index in [1.807, 2.05) is 28.4 Å². The SMILES string of the molecule is O=C([C@H]1CSCCS1)N1CCC[C@@H](c2noc(C3CC3)n2)C1. The number of piperidine rings is 1. The number of carbonyl (C=O) groups excluding carboxylic acids is 1. The molecule has 4 rings (SSSR count). The number of carbonyl (C=O) groups is 1. The summed E-state index contributed by atoms with van der Waals surface area (Å²) in [5, 5.41) is 4.32. The summed E-state index contributed by atoms with van der Waals surface area (Å²) < 4.78 is 5.38. The van der Waals surface area contributed by atoms with Gasteiger partial charge in [0, 0.05) is 42.2 Å². The van der Waals surface area contributed by atoms with Crippen molar-refractivity contribution in [3.05, 3.63) is 11.7 Å². The highest BCUT2D eigenvalue weighted by atomic mass is 32.2. The van der Waals surface area contributed by atoms with Gasteiger partial charge in [-0.3, -0.25) is 4.79 Å². The third kappa shape index (κ3) is 3.15. The molecule has 7 heteroatoms. The van der Waals surface area contributed by atoms with Crippen LogP contribution in [0.25, 0.3) is 0 Å². The van der Waals surface area contributed by atoms with Gasteiger partial charge in [-0.1, -0.05) is 5.16 Å². The zero-order chi connectivity index (χ0) is 14.9. The molecular weight excluding hydrogens is 318 g/mol. The first kappa shape index (κ1) is 14.9. The second-order valence-electron chi connectivity index (χ2n) is 6.32. The molecule has 5 nitrogen and oxygen atoms in total. The van der Waals surface area contributed by atoms with E-state index in [1.54, 1.807) is 0 Å². The van der Waals surface area contributed by atoms with Crippen molar-refractivity contribution >= 4 is 29.4 Å². The van der Waals surface area contributed by atoms with Gasteiger partial charge in [-0.15, -0.1) is 11.8 Å². The molecule has 1 aromatic heterocycles. The molecule has 2 atom stereocenters. The maximum absolute atomic E-state index is 12.7. The Morgan fingerprint density at radius 3 is 2.91 bits per heavy atom. The third-order valence-corrected chi connectivity index (χ3v) is 7.32. The lowest BCUT2D eigenvalue weighted by Crippen LogP contribution is -2.45. The quantitative estimate of drug-likeness (QED) is 0.843. The van der Waals surface area contributed by atoms with Crippen molar-refractivity contribution in [3.8, 4) is 0 Å². The number of aromatic nitrogens is 2. The van der Waals surface area contributed by atoms with Gasteiger partial charge in [0.15, 0.2) is 5.82 Å². The lowest BCUT2D eigenvalue weighted by Gasteiger charge is -2.34. The average Bonchev–Trinajstić information content (AvgIpc) is 3.32. The minimum Gasteiger partial charge on any atom is -0.341 e. The summed E-state index contributed by atoms with van der Waals surface area (Å²) in [6, 6.07) is 0. The second-order valence-corrected chi connectivity index (χ2v) is 8.78. The summed E-state index contributed by atoms with van der Waals surface area (Å²) in [5.41, 5.74) is 0. The van der Waals surface area contributed by atoms with Crippen LogP contribution >= 0.6 is 23.5 Å². The molecule has 2 aliphatic heterocycles. The van der Waals surface area contributed by atoms with Crippen molar-refractivity contribution in [2.75, 3.05) is 30.3 Å². The Morgan fingerprint density at radius 1 is 1.23 bits per heavy atom. The van der Waals surface area contributed by atoms with Crippen molar-refractivity contribution < 1.29 is 9.32 Å². The topological polar surface area (TPSA) is 59.2 Å². The molecule has 0 N–H and O–H groups in total. The van der Waals surface area contributed by atoms with Gasteiger partial charge in [0.2, 0.25) is 11.8 Å². The van der Waals surface area contributed by atoms with Gasteiger partial charge in [-0.25, -0.2) is 0 Å². The van der Waals surface area contributed by atoms with E-state index in [1.165, 1.54) is 18.6 Å². The van der Waals surface area contributed by atoms with E-state index < -0.39 is 0 Å². The van der Waals surface area contributed by atoms with Gasteiger partial charge < -0.3 is 9.42 Å². The van der Waals surface area contributed by atoms with Crippen LogP contribution in [-0.2, 0) is 4.79 Å². The Morgan fingerprint density at radius 2 is 2.14 bits per heavy atom. The predicted molar refractivity (Wildman–Crippen MR) is 88.4 cm³/mol. The largest absolute Gasteiger partial charge is 0.341 e. The molecule has 0 unspecified atom stereocenters. The standard InChI is InChI=1S/C15H21N3O2S2/c19-15(12-9-21-6-7-22-12)18-5-1-2-11(8-18)13-16-14(20-17-13)10-3-4-10/h10-12H,1-9H2/t11-,12-/m1/s1. The summed E-state index contributed by atoms with van der Waals surface area (Å²) in [7, 11) is 0. The molecule has 0 spiro atoms. The van der Waals surface area contributed by atoms with Crippen LogP contribution < -0.4 is 0 Å². The first-order valence-corrected chi connectivity index (χ1v) is 10.3. The number of hydrogen-bond acceptors (Lipinski definition) is 6. The molecule has 1 aliphatic carbocycles. The Kier molecular flexibility index (Phi) is 4.35. The maximum atomic E-state index is 12.7. The molecule has 0 aromatic carbocycles. The van der Waals surface area contributed by atoms with Crippen molar-refractivity contribution in [2.24, 2.45) is 0 Å². The Bertz CT molecular complexity index is 541. The third-order valence-electron chi connectivity index (χ3n) is 4.57. The Labute approximate surface area is 139 Å². The molecule has 1 aromatic rings. The fourth-order valence-electron chi connectivity index (χ4n) is 3.13. The maximum Gasteiger partial charge on any atom is 0.236 e. The van der Waals surface area contributed by atoms with Crippen LogP contribution in [0.5, 0.6) is 0 Å². The van der Waals surface area contributed by atoms with E-state index in [-0.39, 0.29) is 11.2 Å². The molecular formula is C15H21N3O2S2. The van der Waals surface area contributed by atoms with Gasteiger partial charge in [-0.2, -0.15) is 16.7 Å². The summed E-state index contributed by atoms with van der Waals surface area (Å²) >= 11 is 3.71. The minimum absolute atomic E-state index is 0.143. The van der Waals surface area contributed by atoms with Crippen LogP contribution in [0.4, 0.5) is 0 Å². The van der Waals surface area contributed by atoms with E-state index >= 15 is 0 Å². The van der Waals surface area contributed by atoms with E-state index in [2.05, 4.69) is 10.1 Å². The number of rotatable bonds is 3. The predicted octanol–water partition coefficient (Wildman–Crippen LogP) is 2.50. The van der Waals surface area contributed by atoms with E-state index in [4.69, 9.17) is 4.52 Å². The summed E-state index contributed by atoms with van der Waals surface area (Å²) in [6.45, 7) is 1.63. The minimum atomic E-state index is 0.143. The van der Waals surface area contributed by atoms with Crippen molar-refractivity contribution in [3.63, 3.8) is 0 Å². The monoisotopic (exact) mass is 339 g/mol. The van der Waals surface area contributed by atoms with Crippen LogP contribution in [0.1, 0.15) is 49.2 Å². The Hall–Kier alpha value is -0.690. The lowest BCUT2D eigenvalue weighted by atomic mass is 9.97. The van der Waals surface area contributed by atoms with Crippen LogP contribution in [0.2, 0.25) is 0 Å². The van der Waals surface area contributed by atoms with Crippen molar-refractivity contribution in [1.29, 1.82) is 0 Å².